The SMILES string of the molecule is c1ccc(C2=NC(c3cc(-c4cccc5sc6ccccc6c45)cc4oc5ccccc5c34)=NC(c3ccc4sc5ccccc5c4c3)N2)cc1. The maximum atomic E-state index is 6.61. The first-order chi connectivity index (χ1) is 25.2. The molecule has 0 amide bonds. The molecule has 240 valence electrons. The summed E-state index contributed by atoms with van der Waals surface area (Å²) in [6.45, 7) is 0. The molecular weight excluding hydrogens is 663 g/mol. The van der Waals surface area contributed by atoms with E-state index in [1.54, 1.807) is 0 Å². The van der Waals surface area contributed by atoms with E-state index in [1.807, 2.05) is 40.9 Å². The number of benzene rings is 7. The van der Waals surface area contributed by atoms with Crippen LogP contribution in [0.1, 0.15) is 22.9 Å². The highest BCUT2D eigenvalue weighted by molar-refractivity contribution is 7.26. The molecule has 11 rings (SSSR count). The van der Waals surface area contributed by atoms with Gasteiger partial charge in [-0.25, -0.2) is 9.98 Å². The lowest BCUT2D eigenvalue weighted by Crippen LogP contribution is -2.33. The minimum Gasteiger partial charge on any atom is -0.456 e. The van der Waals surface area contributed by atoms with Gasteiger partial charge in [0.15, 0.2) is 5.84 Å². The first-order valence-electron chi connectivity index (χ1n) is 17.0. The second-order valence-corrected chi connectivity index (χ2v) is 15.1. The maximum Gasteiger partial charge on any atom is 0.160 e. The van der Waals surface area contributed by atoms with Crippen LogP contribution in [0.15, 0.2) is 166 Å². The summed E-state index contributed by atoms with van der Waals surface area (Å²) in [6.07, 6.45) is -0.350. The van der Waals surface area contributed by atoms with Gasteiger partial charge in [-0.15, -0.1) is 22.7 Å². The molecule has 1 aliphatic rings. The third kappa shape index (κ3) is 4.57. The molecule has 0 fully saturated rings. The Hall–Kier alpha value is -6.08. The van der Waals surface area contributed by atoms with Crippen LogP contribution >= 0.6 is 22.7 Å². The van der Waals surface area contributed by atoms with Crippen molar-refractivity contribution in [2.24, 2.45) is 9.98 Å². The van der Waals surface area contributed by atoms with E-state index in [-0.39, 0.29) is 6.17 Å². The molecule has 1 aliphatic heterocycles. The number of amidine groups is 2. The molecule has 4 nitrogen and oxygen atoms in total. The van der Waals surface area contributed by atoms with Gasteiger partial charge in [-0.3, -0.25) is 0 Å². The summed E-state index contributed by atoms with van der Waals surface area (Å²) in [5, 5.41) is 10.8. The molecule has 0 aliphatic carbocycles. The van der Waals surface area contributed by atoms with E-state index < -0.39 is 0 Å². The van der Waals surface area contributed by atoms with Crippen molar-refractivity contribution in [3.8, 4) is 11.1 Å². The molecule has 1 unspecified atom stereocenters. The second kappa shape index (κ2) is 11.2. The number of nitrogens with one attached hydrogen (secondary N) is 1. The Labute approximate surface area is 300 Å². The zero-order chi connectivity index (χ0) is 33.5. The van der Waals surface area contributed by atoms with Gasteiger partial charge in [0.2, 0.25) is 0 Å². The van der Waals surface area contributed by atoms with E-state index >= 15 is 0 Å². The second-order valence-electron chi connectivity index (χ2n) is 13.0. The van der Waals surface area contributed by atoms with Crippen LogP contribution in [-0.4, -0.2) is 11.7 Å². The molecular formula is C45H27N3OS2. The Kier molecular flexibility index (Phi) is 6.32. The highest BCUT2D eigenvalue weighted by Crippen LogP contribution is 2.43. The third-order valence-electron chi connectivity index (χ3n) is 9.94. The van der Waals surface area contributed by atoms with Crippen LogP contribution in [0.4, 0.5) is 0 Å². The van der Waals surface area contributed by atoms with Gasteiger partial charge in [-0.2, -0.15) is 0 Å². The van der Waals surface area contributed by atoms with Crippen molar-refractivity contribution in [3.05, 3.63) is 168 Å². The predicted molar refractivity (Wildman–Crippen MR) is 217 cm³/mol. The lowest BCUT2D eigenvalue weighted by Gasteiger charge is -2.24. The minimum atomic E-state index is -0.350. The van der Waals surface area contributed by atoms with Gasteiger partial charge < -0.3 is 9.73 Å². The van der Waals surface area contributed by atoms with Crippen molar-refractivity contribution < 1.29 is 4.42 Å². The topological polar surface area (TPSA) is 49.9 Å². The lowest BCUT2D eigenvalue weighted by molar-refractivity contribution is 0.668. The molecule has 0 radical (unpaired) electrons. The standard InChI is InChI=1S/C45H27N3OS2/c1-2-11-26(12-3-1)43-46-44(27-21-22-39-33(23-27)30-13-5-8-18-37(30)50-39)48-45(47-43)34-24-28(25-36-41(34)31-14-4-7-17-35(31)49-36)29-16-10-20-40-42(29)32-15-6-9-19-38(32)51-40/h1-25,44H,(H,46,47,48). The minimum absolute atomic E-state index is 0.350. The van der Waals surface area contributed by atoms with Crippen LogP contribution in [0.5, 0.6) is 0 Å². The average Bonchev–Trinajstić information content (AvgIpc) is 3.88. The van der Waals surface area contributed by atoms with E-state index in [1.165, 1.54) is 45.9 Å². The van der Waals surface area contributed by atoms with Gasteiger partial charge in [0.25, 0.3) is 0 Å². The molecule has 6 heteroatoms. The summed E-state index contributed by atoms with van der Waals surface area (Å²) in [5.74, 6) is 1.46. The molecule has 1 atom stereocenters. The zero-order valence-electron chi connectivity index (χ0n) is 27.1. The van der Waals surface area contributed by atoms with Crippen LogP contribution in [-0.2, 0) is 0 Å². The van der Waals surface area contributed by atoms with Gasteiger partial charge in [-0.1, -0.05) is 103 Å². The van der Waals surface area contributed by atoms with E-state index in [0.717, 1.165) is 50.0 Å². The van der Waals surface area contributed by atoms with Crippen molar-refractivity contribution >= 4 is 96.6 Å². The van der Waals surface area contributed by atoms with Crippen molar-refractivity contribution in [2.75, 3.05) is 0 Å². The molecule has 3 aromatic heterocycles. The van der Waals surface area contributed by atoms with Crippen molar-refractivity contribution in [3.63, 3.8) is 0 Å². The van der Waals surface area contributed by atoms with E-state index in [2.05, 4.69) is 139 Å². The van der Waals surface area contributed by atoms with Gasteiger partial charge in [0, 0.05) is 62.2 Å². The Balaban J connectivity index is 1.18. The van der Waals surface area contributed by atoms with Crippen LogP contribution in [0.3, 0.4) is 0 Å². The molecule has 51 heavy (non-hydrogen) atoms. The number of para-hydroxylation sites is 1. The number of hydrogen-bond acceptors (Lipinski definition) is 6. The monoisotopic (exact) mass is 689 g/mol. The molecule has 1 N–H and O–H groups in total. The zero-order valence-corrected chi connectivity index (χ0v) is 28.8. The number of fused-ring (bicyclic) bond motifs is 9. The first kappa shape index (κ1) is 28.7. The maximum absolute atomic E-state index is 6.61. The quantitative estimate of drug-likeness (QED) is 0.200. The Bertz CT molecular complexity index is 3070. The van der Waals surface area contributed by atoms with Crippen molar-refractivity contribution in [1.29, 1.82) is 0 Å². The van der Waals surface area contributed by atoms with E-state index in [0.29, 0.717) is 5.84 Å². The summed E-state index contributed by atoms with van der Waals surface area (Å²) in [4.78, 5) is 10.7. The summed E-state index contributed by atoms with van der Waals surface area (Å²) < 4.78 is 11.7. The molecule has 0 bridgehead atoms. The number of rotatable bonds is 4. The third-order valence-corrected chi connectivity index (χ3v) is 12.2. The fraction of sp³-hybridized carbons (Fsp3) is 0.0222. The Morgan fingerprint density at radius 3 is 2.08 bits per heavy atom. The highest BCUT2D eigenvalue weighted by atomic mass is 32.1. The molecule has 4 heterocycles. The predicted octanol–water partition coefficient (Wildman–Crippen LogP) is 12.5. The fourth-order valence-corrected chi connectivity index (χ4v) is 9.82. The molecule has 0 spiro atoms. The molecule has 0 saturated heterocycles. The van der Waals surface area contributed by atoms with Crippen LogP contribution in [0.2, 0.25) is 0 Å². The molecule has 0 saturated carbocycles. The number of nitrogens with zero attached hydrogens (tertiary/aromatic N) is 2. The van der Waals surface area contributed by atoms with Gasteiger partial charge >= 0.3 is 0 Å². The summed E-state index contributed by atoms with van der Waals surface area (Å²) in [5.41, 5.74) is 6.96. The summed E-state index contributed by atoms with van der Waals surface area (Å²) in [6, 6.07) is 53.7. The molecule has 10 aromatic rings. The van der Waals surface area contributed by atoms with Crippen LogP contribution in [0.25, 0.3) is 73.4 Å². The summed E-state index contributed by atoms with van der Waals surface area (Å²) in [7, 11) is 0. The number of furan rings is 1. The lowest BCUT2D eigenvalue weighted by atomic mass is 9.95. The van der Waals surface area contributed by atoms with E-state index in [9.17, 15) is 0 Å². The molecule has 7 aromatic carbocycles. The van der Waals surface area contributed by atoms with Gasteiger partial charge in [0.05, 0.1) is 0 Å². The number of thiophene rings is 2. The van der Waals surface area contributed by atoms with Crippen molar-refractivity contribution in [1.82, 2.24) is 5.32 Å². The van der Waals surface area contributed by atoms with Gasteiger partial charge in [-0.05, 0) is 65.2 Å². The van der Waals surface area contributed by atoms with Gasteiger partial charge in [0.1, 0.15) is 23.2 Å². The van der Waals surface area contributed by atoms with Crippen LogP contribution < -0.4 is 5.32 Å². The first-order valence-corrected chi connectivity index (χ1v) is 18.6. The Morgan fingerprint density at radius 1 is 0.490 bits per heavy atom. The van der Waals surface area contributed by atoms with E-state index in [4.69, 9.17) is 14.4 Å². The average molecular weight is 690 g/mol. The smallest absolute Gasteiger partial charge is 0.160 e. The summed E-state index contributed by atoms with van der Waals surface area (Å²) >= 11 is 3.66. The highest BCUT2D eigenvalue weighted by Gasteiger charge is 2.25. The normalized spacial score (nSPS) is 14.9. The largest absolute Gasteiger partial charge is 0.456 e. The van der Waals surface area contributed by atoms with Crippen LogP contribution in [0, 0.1) is 0 Å². The number of aliphatic imine (C=N–C) groups is 2. The Morgan fingerprint density at radius 2 is 1.20 bits per heavy atom. The van der Waals surface area contributed by atoms with Crippen molar-refractivity contribution in [2.45, 2.75) is 6.17 Å². The number of hydrogen-bond donors (Lipinski definition) is 1. The fourth-order valence-electron chi connectivity index (χ4n) is 7.60.